The van der Waals surface area contributed by atoms with Gasteiger partial charge in [0.15, 0.2) is 0 Å². The number of carbonyl (C=O) groups is 1. The van der Waals surface area contributed by atoms with Crippen LogP contribution >= 0.6 is 22.9 Å². The van der Waals surface area contributed by atoms with E-state index in [1.807, 2.05) is 29.8 Å². The van der Waals surface area contributed by atoms with Gasteiger partial charge in [-0.25, -0.2) is 9.78 Å². The predicted octanol–water partition coefficient (Wildman–Crippen LogP) is 5.74. The molecule has 0 bridgehead atoms. The van der Waals surface area contributed by atoms with Crippen LogP contribution in [0.2, 0.25) is 4.34 Å². The molecule has 0 aliphatic rings. The summed E-state index contributed by atoms with van der Waals surface area (Å²) in [6.45, 7) is 2.46. The minimum Gasteiger partial charge on any atom is -0.494 e. The Labute approximate surface area is 194 Å². The lowest BCUT2D eigenvalue weighted by Crippen LogP contribution is -2.02. The molecule has 0 saturated carbocycles. The number of halogens is 1. The van der Waals surface area contributed by atoms with E-state index in [1.54, 1.807) is 30.5 Å². The molecule has 0 N–H and O–H groups in total. The van der Waals surface area contributed by atoms with Crippen molar-refractivity contribution in [1.29, 1.82) is 0 Å². The molecule has 0 unspecified atom stereocenters. The summed E-state index contributed by atoms with van der Waals surface area (Å²) in [7, 11) is 1.36. The van der Waals surface area contributed by atoms with Crippen LogP contribution in [0.3, 0.4) is 0 Å². The molecule has 7 nitrogen and oxygen atoms in total. The number of thiophene rings is 1. The van der Waals surface area contributed by atoms with Crippen molar-refractivity contribution in [3.8, 4) is 22.3 Å². The number of esters is 1. The van der Waals surface area contributed by atoms with Crippen molar-refractivity contribution in [3.63, 3.8) is 0 Å². The van der Waals surface area contributed by atoms with E-state index < -0.39 is 0 Å². The van der Waals surface area contributed by atoms with Crippen molar-refractivity contribution in [2.24, 2.45) is 0 Å². The lowest BCUT2D eigenvalue weighted by molar-refractivity contribution is 0.0600. The number of nitrogens with zero attached hydrogens (tertiary/aromatic N) is 3. The maximum absolute atomic E-state index is 11.5. The average molecular weight is 472 g/mol. The summed E-state index contributed by atoms with van der Waals surface area (Å²) >= 11 is 7.61. The molecule has 4 aromatic rings. The van der Waals surface area contributed by atoms with Crippen molar-refractivity contribution in [3.05, 3.63) is 70.3 Å². The first-order valence-electron chi connectivity index (χ1n) is 10.1. The minimum atomic E-state index is -0.364. The predicted molar refractivity (Wildman–Crippen MR) is 123 cm³/mol. The molecule has 0 saturated heterocycles. The zero-order valence-corrected chi connectivity index (χ0v) is 19.3. The van der Waals surface area contributed by atoms with Crippen LogP contribution in [0.15, 0.2) is 53.2 Å². The molecule has 0 atom stereocenters. The third-order valence-electron chi connectivity index (χ3n) is 4.87. The van der Waals surface area contributed by atoms with Gasteiger partial charge in [-0.2, -0.15) is 4.98 Å². The van der Waals surface area contributed by atoms with Gasteiger partial charge < -0.3 is 13.9 Å². The Kier molecular flexibility index (Phi) is 6.92. The molecular formula is C23H22ClN3O4S. The highest BCUT2D eigenvalue weighted by Crippen LogP contribution is 2.34. The Hall–Kier alpha value is -3.10. The van der Waals surface area contributed by atoms with Crippen molar-refractivity contribution in [2.45, 2.75) is 26.2 Å². The molecule has 32 heavy (non-hydrogen) atoms. The maximum Gasteiger partial charge on any atom is 0.337 e. The number of hydrogen-bond donors (Lipinski definition) is 0. The van der Waals surface area contributed by atoms with Crippen molar-refractivity contribution in [2.75, 3.05) is 13.7 Å². The lowest BCUT2D eigenvalue weighted by Gasteiger charge is -2.06. The van der Waals surface area contributed by atoms with Gasteiger partial charge in [-0.3, -0.25) is 4.57 Å². The van der Waals surface area contributed by atoms with E-state index in [0.29, 0.717) is 28.3 Å². The summed E-state index contributed by atoms with van der Waals surface area (Å²) in [5, 5.41) is 0. The fourth-order valence-electron chi connectivity index (χ4n) is 3.21. The van der Waals surface area contributed by atoms with E-state index in [4.69, 9.17) is 30.5 Å². The number of aryl methyl sites for hydroxylation is 2. The summed E-state index contributed by atoms with van der Waals surface area (Å²) in [4.78, 5) is 21.4. The van der Waals surface area contributed by atoms with Crippen LogP contribution < -0.4 is 4.74 Å². The van der Waals surface area contributed by atoms with Crippen LogP contribution in [0.1, 0.15) is 34.8 Å². The molecule has 3 aromatic heterocycles. The van der Waals surface area contributed by atoms with E-state index in [-0.39, 0.29) is 5.97 Å². The number of aromatic nitrogens is 3. The Balaban J connectivity index is 1.38. The highest BCUT2D eigenvalue weighted by molar-refractivity contribution is 7.19. The third kappa shape index (κ3) is 5.03. The Morgan fingerprint density at radius 2 is 2.00 bits per heavy atom. The first kappa shape index (κ1) is 22.1. The average Bonchev–Trinajstić information content (AvgIpc) is 3.53. The fraction of sp³-hybridized carbons (Fsp3) is 0.261. The summed E-state index contributed by atoms with van der Waals surface area (Å²) in [5.74, 6) is 1.97. The Morgan fingerprint density at radius 1 is 1.19 bits per heavy atom. The molecule has 0 fully saturated rings. The quantitative estimate of drug-likeness (QED) is 0.229. The lowest BCUT2D eigenvalue weighted by atomic mass is 10.1. The van der Waals surface area contributed by atoms with Crippen LogP contribution in [0, 0.1) is 6.92 Å². The van der Waals surface area contributed by atoms with Crippen molar-refractivity contribution >= 4 is 28.9 Å². The first-order chi connectivity index (χ1) is 15.5. The number of benzene rings is 1. The second-order valence-electron chi connectivity index (χ2n) is 7.04. The molecule has 0 aliphatic heterocycles. The van der Waals surface area contributed by atoms with Crippen LogP contribution in [-0.4, -0.2) is 34.2 Å². The van der Waals surface area contributed by atoms with Gasteiger partial charge in [-0.15, -0.1) is 11.3 Å². The molecule has 0 aliphatic carbocycles. The molecule has 1 aromatic carbocycles. The van der Waals surface area contributed by atoms with Gasteiger partial charge in [0.2, 0.25) is 0 Å². The number of oxazole rings is 1. The highest BCUT2D eigenvalue weighted by Gasteiger charge is 2.18. The molecule has 3 heterocycles. The molecule has 166 valence electrons. The molecular weight excluding hydrogens is 450 g/mol. The van der Waals surface area contributed by atoms with Crippen LogP contribution in [-0.2, 0) is 11.2 Å². The SMILES string of the molecule is COC(=O)c1ccc(OCCCCc2oc(-n3ccnc3C)nc2-c2ccc(Cl)s2)cc1. The second-order valence-corrected chi connectivity index (χ2v) is 8.75. The normalized spacial score (nSPS) is 11.0. The number of unbranched alkanes of at least 4 members (excludes halogenated alkanes) is 1. The number of rotatable bonds is 9. The smallest absolute Gasteiger partial charge is 0.337 e. The number of imidazole rings is 1. The van der Waals surface area contributed by atoms with Crippen LogP contribution in [0.5, 0.6) is 5.75 Å². The zero-order chi connectivity index (χ0) is 22.5. The monoisotopic (exact) mass is 471 g/mol. The second kappa shape index (κ2) is 10.0. The van der Waals surface area contributed by atoms with Gasteiger partial charge in [-0.1, -0.05) is 11.6 Å². The fourth-order valence-corrected chi connectivity index (χ4v) is 4.26. The standard InChI is InChI=1S/C23H22ClN3O4S/c1-15-25-12-13-27(15)23-26-21(19-10-11-20(24)32-19)18(31-23)5-3-4-14-30-17-8-6-16(7-9-17)22(28)29-2/h6-13H,3-5,14H2,1-2H3. The van der Waals surface area contributed by atoms with Crippen LogP contribution in [0.4, 0.5) is 0 Å². The third-order valence-corrected chi connectivity index (χ3v) is 6.10. The molecule has 9 heteroatoms. The van der Waals surface area contributed by atoms with E-state index in [1.165, 1.54) is 18.4 Å². The zero-order valence-electron chi connectivity index (χ0n) is 17.7. The molecule has 4 rings (SSSR count). The van der Waals surface area contributed by atoms with Gasteiger partial charge >= 0.3 is 12.0 Å². The number of hydrogen-bond acceptors (Lipinski definition) is 7. The molecule has 0 spiro atoms. The summed E-state index contributed by atoms with van der Waals surface area (Å²) in [5.41, 5.74) is 1.31. The van der Waals surface area contributed by atoms with Crippen LogP contribution in [0.25, 0.3) is 16.6 Å². The van der Waals surface area contributed by atoms with Gasteiger partial charge in [0.1, 0.15) is 23.0 Å². The maximum atomic E-state index is 11.5. The van der Waals surface area contributed by atoms with Gasteiger partial charge in [-0.05, 0) is 56.2 Å². The summed E-state index contributed by atoms with van der Waals surface area (Å²) in [6, 6.07) is 11.2. The van der Waals surface area contributed by atoms with E-state index in [0.717, 1.165) is 41.4 Å². The highest BCUT2D eigenvalue weighted by atomic mass is 35.5. The summed E-state index contributed by atoms with van der Waals surface area (Å²) in [6.07, 6.45) is 5.97. The number of methoxy groups -OCH3 is 1. The number of carbonyl (C=O) groups excluding carboxylic acids is 1. The van der Waals surface area contributed by atoms with Gasteiger partial charge in [0.05, 0.1) is 28.5 Å². The summed E-state index contributed by atoms with van der Waals surface area (Å²) < 4.78 is 19.1. The first-order valence-corrected chi connectivity index (χ1v) is 11.3. The van der Waals surface area contributed by atoms with Gasteiger partial charge in [0.25, 0.3) is 0 Å². The minimum absolute atomic E-state index is 0.364. The van der Waals surface area contributed by atoms with Crippen molar-refractivity contribution in [1.82, 2.24) is 14.5 Å². The largest absolute Gasteiger partial charge is 0.494 e. The molecule has 0 radical (unpaired) electrons. The Morgan fingerprint density at radius 3 is 2.66 bits per heavy atom. The van der Waals surface area contributed by atoms with E-state index in [2.05, 4.69) is 4.98 Å². The Bertz CT molecular complexity index is 1200. The van der Waals surface area contributed by atoms with E-state index >= 15 is 0 Å². The van der Waals surface area contributed by atoms with Crippen molar-refractivity contribution < 1.29 is 18.7 Å². The topological polar surface area (TPSA) is 79.4 Å². The molecule has 0 amide bonds. The van der Waals surface area contributed by atoms with Gasteiger partial charge in [0, 0.05) is 18.8 Å². The number of ether oxygens (including phenoxy) is 2. The van der Waals surface area contributed by atoms with E-state index in [9.17, 15) is 4.79 Å².